The first-order chi connectivity index (χ1) is 50.8. The van der Waals surface area contributed by atoms with Gasteiger partial charge in [0, 0.05) is 60.7 Å². The Morgan fingerprint density at radius 2 is 0.898 bits per heavy atom. The van der Waals surface area contributed by atoms with Crippen molar-refractivity contribution < 1.29 is 106 Å². The molecule has 0 saturated carbocycles. The molecule has 0 radical (unpaired) electrons. The van der Waals surface area contributed by atoms with E-state index >= 15 is 0 Å². The number of carboxylic acid groups (broad SMARTS) is 1. The highest BCUT2D eigenvalue weighted by Gasteiger charge is 2.41. The number of phenolic OH excluding ortho intramolecular Hbond substituents is 1. The number of rotatable bonds is 46. The molecule has 596 valence electrons. The van der Waals surface area contributed by atoms with Gasteiger partial charge in [-0.25, -0.2) is 4.98 Å². The summed E-state index contributed by atoms with van der Waals surface area (Å²) < 4.78 is 0. The molecule has 0 bridgehead atoms. The van der Waals surface area contributed by atoms with Crippen LogP contribution < -0.4 is 97.8 Å². The Bertz CT molecular complexity index is 3600. The molecule has 2 aromatic rings. The lowest BCUT2D eigenvalue weighted by molar-refractivity contribution is -0.142. The van der Waals surface area contributed by atoms with Crippen molar-refractivity contribution >= 4 is 163 Å². The molecule has 1 aromatic carbocycles. The number of nitrogens with zero attached hydrogens (tertiary/aromatic N) is 2. The average molecular weight is 1600 g/mol. The molecule has 43 nitrogen and oxygen atoms in total. The van der Waals surface area contributed by atoms with E-state index in [1.807, 2.05) is 0 Å². The van der Waals surface area contributed by atoms with Crippen molar-refractivity contribution in [3.8, 4) is 5.75 Å². The maximum Gasteiger partial charge on any atom is 0.305 e. The van der Waals surface area contributed by atoms with Crippen LogP contribution in [0.2, 0.25) is 0 Å². The fourth-order valence-electron chi connectivity index (χ4n) is 9.97. The molecule has 0 spiro atoms. The van der Waals surface area contributed by atoms with E-state index < -0.39 is 247 Å². The number of H-pyrrole nitrogens is 1. The lowest BCUT2D eigenvalue weighted by Gasteiger charge is -2.30. The average Bonchev–Trinajstić information content (AvgIpc) is 1.62. The van der Waals surface area contributed by atoms with Gasteiger partial charge in [-0.15, -0.1) is 0 Å². The van der Waals surface area contributed by atoms with E-state index in [1.165, 1.54) is 43.7 Å². The van der Waals surface area contributed by atoms with Crippen molar-refractivity contribution in [2.75, 3.05) is 36.2 Å². The van der Waals surface area contributed by atoms with Gasteiger partial charge in [-0.1, -0.05) is 12.1 Å². The summed E-state index contributed by atoms with van der Waals surface area (Å²) in [5.74, 6) is -22.7. The molecule has 1 aliphatic heterocycles. The molecule has 1 aromatic heterocycles. The van der Waals surface area contributed by atoms with E-state index in [0.29, 0.717) is 11.3 Å². The van der Waals surface area contributed by atoms with Crippen molar-refractivity contribution in [3.05, 3.63) is 48.0 Å². The fourth-order valence-corrected chi connectivity index (χ4v) is 10.9. The minimum atomic E-state index is -2.10. The predicted molar refractivity (Wildman–Crippen MR) is 389 cm³/mol. The number of amides is 18. The van der Waals surface area contributed by atoms with E-state index in [0.717, 1.165) is 18.7 Å². The lowest BCUT2D eigenvalue weighted by Crippen LogP contribution is -2.61. The number of aliphatic hydroxyl groups excluding tert-OH is 1. The van der Waals surface area contributed by atoms with Gasteiger partial charge in [0.15, 0.2) is 0 Å². The number of hydrogen-bond acceptors (Lipinski definition) is 27. The van der Waals surface area contributed by atoms with Crippen molar-refractivity contribution in [2.45, 2.75) is 169 Å². The maximum atomic E-state index is 14.3. The van der Waals surface area contributed by atoms with Crippen LogP contribution in [0.25, 0.3) is 0 Å². The molecule has 3 rings (SSSR count). The highest BCUT2D eigenvalue weighted by atomic mass is 32.1. The van der Waals surface area contributed by atoms with Crippen LogP contribution in [0.1, 0.15) is 77.0 Å². The minimum Gasteiger partial charge on any atom is -0.508 e. The molecule has 27 N–H and O–H groups in total. The summed E-state index contributed by atoms with van der Waals surface area (Å²) in [6.45, 7) is 2.51. The first-order valence-electron chi connectivity index (χ1n) is 32.9. The number of imidazole rings is 1. The van der Waals surface area contributed by atoms with Crippen LogP contribution in [0.5, 0.6) is 5.75 Å². The standard InChI is InChI=1S/C61H91N21O22S4/c1-25(70-58(101)40(22-107)80-50(93)27(3)71-60(103)42-5-4-12-82(42)61(104)37(14-29-18-67-24-68-29)77-57(100)38(19-83)78-59(102)41(23-108)81-51(94)31(62)20-105)48(91)69-26(2)49(92)73-34(15-44(64)86)55(98)75-35(16-45(65)87)54(97)72-32(10-11-43(63)85)52(95)76-36(17-46(88)89)56(99)74-33(13-28-6-8-30(84)9-7-28)53(96)79-39(21-106)47(66)90/h6-9,18,24-27,31-42,83-84,105-108H,4-5,10-17,19-23,62H2,1-3H3,(H2,63,85)(H2,64,86)(H2,65,87)(H2,66,90)(H,67,68)(H,69,91)(H,70,101)(H,71,103)(H,72,97)(H,73,92)(H,74,99)(H,75,98)(H,76,95)(H,77,100)(H,78,102)(H,79,96)(H,80,93)(H,81,94)(H,88,89)/t25-,26-,27-,31-,32-,33-,34-,35-,36-,37-,38-,39-,40-,41-,42+/m0/s1. The van der Waals surface area contributed by atoms with Gasteiger partial charge in [0.05, 0.1) is 38.2 Å². The molecule has 15 atom stereocenters. The molecule has 108 heavy (non-hydrogen) atoms. The molecule has 0 aliphatic carbocycles. The normalized spacial score (nSPS) is 16.3. The van der Waals surface area contributed by atoms with Gasteiger partial charge in [-0.3, -0.25) is 91.1 Å². The number of aromatic amines is 1. The van der Waals surface area contributed by atoms with Gasteiger partial charge in [0.1, 0.15) is 90.3 Å². The number of carboxylic acids is 1. The Balaban J connectivity index is 1.71. The number of aromatic nitrogens is 2. The molecule has 1 saturated heterocycles. The third-order valence-corrected chi connectivity index (χ3v) is 17.4. The van der Waals surface area contributed by atoms with Crippen LogP contribution in [0.4, 0.5) is 0 Å². The first kappa shape index (κ1) is 91.7. The zero-order valence-electron chi connectivity index (χ0n) is 58.4. The number of carbonyl (C=O) groups excluding carboxylic acids is 18. The summed E-state index contributed by atoms with van der Waals surface area (Å²) in [4.78, 5) is 259. The van der Waals surface area contributed by atoms with Crippen molar-refractivity contribution in [2.24, 2.45) is 28.7 Å². The summed E-state index contributed by atoms with van der Waals surface area (Å²) in [5.41, 5.74) is 27.8. The summed E-state index contributed by atoms with van der Waals surface area (Å²) >= 11 is 16.2. The lowest BCUT2D eigenvalue weighted by atomic mass is 10.0. The van der Waals surface area contributed by atoms with Crippen LogP contribution in [-0.2, 0) is 104 Å². The molecule has 2 heterocycles. The summed E-state index contributed by atoms with van der Waals surface area (Å²) in [5, 5.41) is 59.3. The van der Waals surface area contributed by atoms with Crippen LogP contribution >= 0.6 is 50.5 Å². The highest BCUT2D eigenvalue weighted by molar-refractivity contribution is 7.80. The van der Waals surface area contributed by atoms with E-state index in [4.69, 9.17) is 28.7 Å². The van der Waals surface area contributed by atoms with Gasteiger partial charge in [0.2, 0.25) is 106 Å². The zero-order valence-corrected chi connectivity index (χ0v) is 62.0. The Morgan fingerprint density at radius 1 is 0.491 bits per heavy atom. The maximum absolute atomic E-state index is 14.3. The number of likely N-dealkylation sites (tertiary alicyclic amines) is 1. The van der Waals surface area contributed by atoms with Gasteiger partial charge in [-0.2, -0.15) is 50.5 Å². The molecule has 47 heteroatoms. The van der Waals surface area contributed by atoms with Gasteiger partial charge < -0.3 is 123 Å². The number of benzene rings is 1. The molecular weight excluding hydrogens is 1510 g/mol. The summed E-state index contributed by atoms with van der Waals surface area (Å²) in [6.07, 6.45) is -2.26. The second-order valence-corrected chi connectivity index (χ2v) is 26.0. The van der Waals surface area contributed by atoms with E-state index in [9.17, 15) is 106 Å². The fraction of sp³-hybridized carbons (Fsp3) is 0.541. The number of nitrogens with one attached hydrogen (secondary N) is 14. The number of aromatic hydroxyl groups is 1. The molecule has 1 fully saturated rings. The SMILES string of the molecule is C[C@H](NC(=O)[C@H](C)NC(=O)[C@H](CS)NC(=O)[C@H](C)NC(=O)[C@H]1CCCN1C(=O)[C@H](Cc1cnc[nH]1)NC(=O)[C@H](CO)NC(=O)[C@H](CS)NC(=O)[C@@H](N)CS)C(=O)N[C@@H](CC(N)=O)C(=O)N[C@@H](CC(N)=O)C(=O)N[C@@H](CCC(N)=O)C(=O)N[C@@H](CC(=O)O)C(=O)N[C@@H](Cc1ccc(O)cc1)C(=O)N[C@@H](CS)C(N)=O. The van der Waals surface area contributed by atoms with Gasteiger partial charge in [-0.05, 0) is 57.7 Å². The Morgan fingerprint density at radius 3 is 1.38 bits per heavy atom. The summed E-state index contributed by atoms with van der Waals surface area (Å²) in [6, 6.07) is -18.8. The first-order valence-corrected chi connectivity index (χ1v) is 35.5. The zero-order chi connectivity index (χ0) is 81.4. The number of nitrogens with two attached hydrogens (primary N) is 5. The van der Waals surface area contributed by atoms with Crippen LogP contribution in [0.3, 0.4) is 0 Å². The molecule has 1 aliphatic rings. The molecule has 18 amide bonds. The van der Waals surface area contributed by atoms with Crippen molar-refractivity contribution in [1.29, 1.82) is 0 Å². The predicted octanol–water partition coefficient (Wildman–Crippen LogP) is -11.7. The largest absolute Gasteiger partial charge is 0.508 e. The van der Waals surface area contributed by atoms with Gasteiger partial charge >= 0.3 is 5.97 Å². The van der Waals surface area contributed by atoms with Crippen molar-refractivity contribution in [3.63, 3.8) is 0 Å². The van der Waals surface area contributed by atoms with E-state index in [1.54, 1.807) is 0 Å². The Hall–Kier alpha value is -10.5. The Kier molecular flexibility index (Phi) is 38.4. The monoisotopic (exact) mass is 1600 g/mol. The number of hydrogen-bond donors (Lipinski definition) is 26. The number of aliphatic carboxylic acids is 1. The molecule has 0 unspecified atom stereocenters. The van der Waals surface area contributed by atoms with Crippen LogP contribution in [0.15, 0.2) is 36.8 Å². The van der Waals surface area contributed by atoms with E-state index in [2.05, 4.69) is 130 Å². The number of phenols is 1. The Labute approximate surface area is 638 Å². The smallest absolute Gasteiger partial charge is 0.305 e. The van der Waals surface area contributed by atoms with Crippen LogP contribution in [0, 0.1) is 0 Å². The second-order valence-electron chi connectivity index (χ2n) is 24.5. The van der Waals surface area contributed by atoms with Gasteiger partial charge in [0.25, 0.3) is 0 Å². The highest BCUT2D eigenvalue weighted by Crippen LogP contribution is 2.21. The van der Waals surface area contributed by atoms with Crippen molar-refractivity contribution in [1.82, 2.24) is 84.0 Å². The number of primary amides is 4. The molecular formula is C61H91N21O22S4. The number of aliphatic hydroxyl groups is 1. The summed E-state index contributed by atoms with van der Waals surface area (Å²) in [7, 11) is 0. The third kappa shape index (κ3) is 30.4. The minimum absolute atomic E-state index is 0.00712. The van der Waals surface area contributed by atoms with Crippen LogP contribution in [-0.4, -0.2) is 269 Å². The number of thiol groups is 4. The third-order valence-electron chi connectivity index (χ3n) is 15.9. The van der Waals surface area contributed by atoms with E-state index in [-0.39, 0.29) is 55.2 Å². The quantitative estimate of drug-likeness (QED) is 0.0274. The number of carbonyl (C=O) groups is 19. The topological polar surface area (TPSA) is 703 Å². The second kappa shape index (κ2) is 45.2.